The van der Waals surface area contributed by atoms with Gasteiger partial charge in [-0.3, -0.25) is 4.79 Å². The minimum atomic E-state index is 0.333. The zero-order chi connectivity index (χ0) is 9.00. The molecule has 0 saturated heterocycles. The fraction of sp³-hybridized carbons (Fsp3) is 0.417. The van der Waals surface area contributed by atoms with E-state index in [4.69, 9.17) is 0 Å². The first kappa shape index (κ1) is 7.31. The summed E-state index contributed by atoms with van der Waals surface area (Å²) in [6.45, 7) is 2.20. The summed E-state index contributed by atoms with van der Waals surface area (Å²) in [6, 6.07) is 8.09. The lowest BCUT2D eigenvalue weighted by Crippen LogP contribution is -2.43. The van der Waals surface area contributed by atoms with Crippen molar-refractivity contribution in [3.05, 3.63) is 35.4 Å². The quantitative estimate of drug-likeness (QED) is 0.588. The Bertz CT molecular complexity index is 380. The van der Waals surface area contributed by atoms with Crippen LogP contribution in [-0.2, 0) is 0 Å². The number of carbonyl (C=O) groups is 1. The van der Waals surface area contributed by atoms with Crippen LogP contribution >= 0.6 is 0 Å². The first-order valence-electron chi connectivity index (χ1n) is 4.92. The molecule has 0 aliphatic heterocycles. The Hall–Kier alpha value is -1.11. The Morgan fingerprint density at radius 3 is 2.77 bits per heavy atom. The second-order valence-corrected chi connectivity index (χ2v) is 4.26. The minimum absolute atomic E-state index is 0.333. The van der Waals surface area contributed by atoms with Crippen LogP contribution < -0.4 is 0 Å². The van der Waals surface area contributed by atoms with Gasteiger partial charge in [0.25, 0.3) is 0 Å². The van der Waals surface area contributed by atoms with Gasteiger partial charge in [0, 0.05) is 11.5 Å². The predicted octanol–water partition coefficient (Wildman–Crippen LogP) is 2.62. The average Bonchev–Trinajstić information content (AvgIpc) is 2.16. The van der Waals surface area contributed by atoms with Crippen molar-refractivity contribution in [2.45, 2.75) is 19.3 Å². The summed E-state index contributed by atoms with van der Waals surface area (Å²) in [5.74, 6) is 1.96. The van der Waals surface area contributed by atoms with E-state index in [1.54, 1.807) is 0 Å². The molecular weight excluding hydrogens is 160 g/mol. The highest BCUT2D eigenvalue weighted by atomic mass is 16.1. The maximum Gasteiger partial charge on any atom is 0.166 e. The van der Waals surface area contributed by atoms with E-state index >= 15 is 0 Å². The molecule has 3 aliphatic carbocycles. The molecule has 3 atom stereocenters. The Morgan fingerprint density at radius 2 is 2.00 bits per heavy atom. The number of hydrogen-bond acceptors (Lipinski definition) is 1. The van der Waals surface area contributed by atoms with Crippen molar-refractivity contribution in [1.82, 2.24) is 0 Å². The summed E-state index contributed by atoms with van der Waals surface area (Å²) in [7, 11) is 0. The molecule has 4 rings (SSSR count). The second-order valence-electron chi connectivity index (χ2n) is 4.26. The summed E-state index contributed by atoms with van der Waals surface area (Å²) >= 11 is 0. The van der Waals surface area contributed by atoms with Gasteiger partial charge in [-0.1, -0.05) is 31.2 Å². The largest absolute Gasteiger partial charge is 0.294 e. The lowest BCUT2D eigenvalue weighted by atomic mass is 9.55. The molecule has 0 radical (unpaired) electrons. The van der Waals surface area contributed by atoms with Gasteiger partial charge in [0.2, 0.25) is 0 Å². The molecule has 13 heavy (non-hydrogen) atoms. The van der Waals surface area contributed by atoms with Gasteiger partial charge in [0.1, 0.15) is 0 Å². The van der Waals surface area contributed by atoms with Crippen LogP contribution in [0.1, 0.15) is 35.2 Å². The Kier molecular flexibility index (Phi) is 1.25. The molecule has 1 nitrogen and oxygen atoms in total. The molecule has 2 bridgehead atoms. The lowest BCUT2D eigenvalue weighted by Gasteiger charge is -2.47. The number of benzene rings is 1. The number of rotatable bonds is 0. The first-order chi connectivity index (χ1) is 6.29. The van der Waals surface area contributed by atoms with Crippen LogP contribution in [0.5, 0.6) is 0 Å². The van der Waals surface area contributed by atoms with E-state index in [1.807, 2.05) is 18.2 Å². The van der Waals surface area contributed by atoms with Gasteiger partial charge in [-0.2, -0.15) is 0 Å². The summed E-state index contributed by atoms with van der Waals surface area (Å²) in [4.78, 5) is 11.9. The van der Waals surface area contributed by atoms with E-state index in [9.17, 15) is 4.79 Å². The van der Waals surface area contributed by atoms with E-state index in [1.165, 1.54) is 5.56 Å². The van der Waals surface area contributed by atoms with Crippen molar-refractivity contribution in [2.24, 2.45) is 11.8 Å². The maximum atomic E-state index is 11.9. The molecule has 0 N–H and O–H groups in total. The van der Waals surface area contributed by atoms with Gasteiger partial charge in [-0.15, -0.1) is 0 Å². The van der Waals surface area contributed by atoms with Gasteiger partial charge in [0.05, 0.1) is 0 Å². The Morgan fingerprint density at radius 1 is 1.23 bits per heavy atom. The van der Waals surface area contributed by atoms with Gasteiger partial charge in [0.15, 0.2) is 5.78 Å². The SMILES string of the molecule is CC1C2CC1c1ccccc1C2=O. The molecule has 66 valence electrons. The zero-order valence-corrected chi connectivity index (χ0v) is 7.66. The molecule has 0 spiro atoms. The Balaban J connectivity index is 2.21. The van der Waals surface area contributed by atoms with E-state index in [0.717, 1.165) is 12.0 Å². The van der Waals surface area contributed by atoms with Crippen LogP contribution in [0.25, 0.3) is 0 Å². The fourth-order valence-corrected chi connectivity index (χ4v) is 2.79. The van der Waals surface area contributed by atoms with Crippen LogP contribution in [-0.4, -0.2) is 5.78 Å². The summed E-state index contributed by atoms with van der Waals surface area (Å²) in [5.41, 5.74) is 2.28. The standard InChI is InChI=1S/C12H12O/c1-7-10-6-11(7)12(13)9-5-3-2-4-8(9)10/h2-5,7,10-11H,6H2,1H3. The van der Waals surface area contributed by atoms with Crippen molar-refractivity contribution in [3.63, 3.8) is 0 Å². The number of hydrogen-bond donors (Lipinski definition) is 0. The third-order valence-electron chi connectivity index (χ3n) is 3.74. The number of carbonyl (C=O) groups excluding carboxylic acids is 1. The molecule has 1 aromatic carbocycles. The Labute approximate surface area is 77.8 Å². The molecule has 0 amide bonds. The van der Waals surface area contributed by atoms with Gasteiger partial charge in [-0.05, 0) is 23.8 Å². The van der Waals surface area contributed by atoms with E-state index in [-0.39, 0.29) is 0 Å². The monoisotopic (exact) mass is 172 g/mol. The van der Waals surface area contributed by atoms with Crippen molar-refractivity contribution in [3.8, 4) is 0 Å². The summed E-state index contributed by atoms with van der Waals surface area (Å²) in [6.07, 6.45) is 1.09. The molecule has 0 aromatic heterocycles. The van der Waals surface area contributed by atoms with Gasteiger partial charge in [-0.25, -0.2) is 0 Å². The number of Topliss-reactive ketones (excluding diaryl/α,β-unsaturated/α-hetero) is 1. The van der Waals surface area contributed by atoms with Crippen LogP contribution in [0.2, 0.25) is 0 Å². The predicted molar refractivity (Wildman–Crippen MR) is 50.8 cm³/mol. The second kappa shape index (κ2) is 2.22. The zero-order valence-electron chi connectivity index (χ0n) is 7.66. The fourth-order valence-electron chi connectivity index (χ4n) is 2.79. The van der Waals surface area contributed by atoms with Crippen LogP contribution in [0.3, 0.4) is 0 Å². The van der Waals surface area contributed by atoms with Gasteiger partial charge < -0.3 is 0 Å². The van der Waals surface area contributed by atoms with Crippen molar-refractivity contribution in [2.75, 3.05) is 0 Å². The average molecular weight is 172 g/mol. The molecule has 0 heterocycles. The van der Waals surface area contributed by atoms with Crippen molar-refractivity contribution < 1.29 is 4.79 Å². The maximum absolute atomic E-state index is 11.9. The van der Waals surface area contributed by atoms with Gasteiger partial charge >= 0.3 is 0 Å². The molecular formula is C12H12O. The van der Waals surface area contributed by atoms with E-state index in [2.05, 4.69) is 13.0 Å². The smallest absolute Gasteiger partial charge is 0.166 e. The minimum Gasteiger partial charge on any atom is -0.294 e. The molecule has 1 aromatic rings. The highest BCUT2D eigenvalue weighted by molar-refractivity contribution is 6.02. The highest BCUT2D eigenvalue weighted by Gasteiger charge is 2.48. The van der Waals surface area contributed by atoms with Crippen LogP contribution in [0.4, 0.5) is 0 Å². The molecule has 3 unspecified atom stereocenters. The topological polar surface area (TPSA) is 17.1 Å². The molecule has 1 heteroatoms. The molecule has 1 saturated carbocycles. The molecule has 3 aliphatic rings. The summed E-state index contributed by atoms with van der Waals surface area (Å²) in [5, 5.41) is 0. The lowest BCUT2D eigenvalue weighted by molar-refractivity contribution is 0.0641. The summed E-state index contributed by atoms with van der Waals surface area (Å²) < 4.78 is 0. The van der Waals surface area contributed by atoms with E-state index < -0.39 is 0 Å². The number of ketones is 1. The van der Waals surface area contributed by atoms with Crippen LogP contribution in [0.15, 0.2) is 24.3 Å². The first-order valence-corrected chi connectivity index (χ1v) is 4.92. The normalized spacial score (nSPS) is 35.2. The van der Waals surface area contributed by atoms with Crippen molar-refractivity contribution >= 4 is 5.78 Å². The highest BCUT2D eigenvalue weighted by Crippen LogP contribution is 2.53. The van der Waals surface area contributed by atoms with Crippen LogP contribution in [0, 0.1) is 11.8 Å². The third-order valence-corrected chi connectivity index (χ3v) is 3.74. The molecule has 1 fully saturated rings. The van der Waals surface area contributed by atoms with E-state index in [0.29, 0.717) is 23.5 Å². The van der Waals surface area contributed by atoms with Crippen molar-refractivity contribution in [1.29, 1.82) is 0 Å². The third kappa shape index (κ3) is 0.749.